The molecule has 1 aliphatic carbocycles. The van der Waals surface area contributed by atoms with Crippen LogP contribution in [0.5, 0.6) is 0 Å². The Labute approximate surface area is 137 Å². The third-order valence-electron chi connectivity index (χ3n) is 4.02. The van der Waals surface area contributed by atoms with Crippen molar-refractivity contribution in [1.82, 2.24) is 9.71 Å². The highest BCUT2D eigenvalue weighted by Crippen LogP contribution is 2.41. The zero-order chi connectivity index (χ0) is 16.7. The van der Waals surface area contributed by atoms with Crippen LogP contribution < -0.4 is 4.72 Å². The summed E-state index contributed by atoms with van der Waals surface area (Å²) < 4.78 is 55.1. The summed E-state index contributed by atoms with van der Waals surface area (Å²) in [7, 11) is -4.19. The van der Waals surface area contributed by atoms with Crippen LogP contribution in [0.1, 0.15) is 36.4 Å². The van der Waals surface area contributed by atoms with Crippen LogP contribution in [0, 0.1) is 18.6 Å². The fourth-order valence-electron chi connectivity index (χ4n) is 2.92. The molecule has 1 saturated carbocycles. The number of benzene rings is 1. The number of nitrogens with zero attached hydrogens (tertiary/aromatic N) is 1. The molecule has 0 bridgehead atoms. The van der Waals surface area contributed by atoms with Crippen molar-refractivity contribution in [3.05, 3.63) is 45.9 Å². The van der Waals surface area contributed by atoms with Gasteiger partial charge in [0.2, 0.25) is 10.0 Å². The van der Waals surface area contributed by atoms with Crippen molar-refractivity contribution < 1.29 is 17.2 Å². The summed E-state index contributed by atoms with van der Waals surface area (Å²) in [6.45, 7) is 1.84. The fraction of sp³-hybridized carbons (Fsp3) is 0.400. The van der Waals surface area contributed by atoms with Gasteiger partial charge < -0.3 is 0 Å². The second kappa shape index (κ2) is 5.92. The molecule has 1 fully saturated rings. The molecule has 3 rings (SSSR count). The summed E-state index contributed by atoms with van der Waals surface area (Å²) >= 11 is 1.38. The lowest BCUT2D eigenvalue weighted by atomic mass is 10.0. The highest BCUT2D eigenvalue weighted by molar-refractivity contribution is 7.89. The van der Waals surface area contributed by atoms with Crippen LogP contribution in [0.3, 0.4) is 0 Å². The van der Waals surface area contributed by atoms with E-state index < -0.39 is 32.1 Å². The lowest BCUT2D eigenvalue weighted by Crippen LogP contribution is -2.44. The number of aromatic nitrogens is 1. The predicted molar refractivity (Wildman–Crippen MR) is 83.7 cm³/mol. The Morgan fingerprint density at radius 3 is 2.57 bits per heavy atom. The molecule has 0 spiro atoms. The summed E-state index contributed by atoms with van der Waals surface area (Å²) in [5, 5.41) is 2.53. The Balaban J connectivity index is 2.02. The van der Waals surface area contributed by atoms with Gasteiger partial charge in [0.25, 0.3) is 0 Å². The van der Waals surface area contributed by atoms with Crippen LogP contribution in [0.2, 0.25) is 0 Å². The highest BCUT2D eigenvalue weighted by atomic mass is 32.2. The van der Waals surface area contributed by atoms with Gasteiger partial charge >= 0.3 is 0 Å². The lowest BCUT2D eigenvalue weighted by Gasteiger charge is -2.27. The molecule has 0 aliphatic heterocycles. The van der Waals surface area contributed by atoms with Gasteiger partial charge in [-0.05, 0) is 31.9 Å². The summed E-state index contributed by atoms with van der Waals surface area (Å²) in [5.41, 5.74) is -0.0244. The van der Waals surface area contributed by atoms with E-state index >= 15 is 0 Å². The molecule has 8 heteroatoms. The Morgan fingerprint density at radius 1 is 1.26 bits per heavy atom. The molecule has 1 aromatic heterocycles. The number of halogens is 2. The van der Waals surface area contributed by atoms with Gasteiger partial charge in [-0.15, -0.1) is 11.3 Å². The molecule has 0 atom stereocenters. The quantitative estimate of drug-likeness (QED) is 0.910. The molecule has 1 aromatic carbocycles. The summed E-state index contributed by atoms with van der Waals surface area (Å²) in [6, 6.07) is 3.14. The summed E-state index contributed by atoms with van der Waals surface area (Å²) in [4.78, 5) is 3.74. The van der Waals surface area contributed by atoms with Gasteiger partial charge in [0.1, 0.15) is 9.90 Å². The average Bonchev–Trinajstić information content (AvgIpc) is 3.11. The van der Waals surface area contributed by atoms with Crippen molar-refractivity contribution >= 4 is 21.4 Å². The maximum Gasteiger partial charge on any atom is 0.244 e. The van der Waals surface area contributed by atoms with E-state index in [-0.39, 0.29) is 0 Å². The van der Waals surface area contributed by atoms with Gasteiger partial charge in [0.15, 0.2) is 11.6 Å². The second-order valence-corrected chi connectivity index (χ2v) is 8.25. The van der Waals surface area contributed by atoms with Crippen LogP contribution in [0.4, 0.5) is 8.78 Å². The Bertz CT molecular complexity index is 828. The Morgan fingerprint density at radius 2 is 1.96 bits per heavy atom. The maximum atomic E-state index is 13.9. The van der Waals surface area contributed by atoms with Gasteiger partial charge in [-0.25, -0.2) is 22.2 Å². The topological polar surface area (TPSA) is 59.1 Å². The van der Waals surface area contributed by atoms with Gasteiger partial charge in [-0.1, -0.05) is 18.9 Å². The number of hydrogen-bond acceptors (Lipinski definition) is 4. The molecule has 0 saturated heterocycles. The van der Waals surface area contributed by atoms with Crippen molar-refractivity contribution in [2.24, 2.45) is 0 Å². The SMILES string of the molecule is Cc1csc(C2(NS(=O)(=O)c3cccc(F)c3F)CCCC2)n1. The average molecular weight is 358 g/mol. The number of sulfonamides is 1. The second-order valence-electron chi connectivity index (χ2n) is 5.74. The molecule has 0 radical (unpaired) electrons. The number of aryl methyl sites for hydroxylation is 1. The minimum Gasteiger partial charge on any atom is -0.245 e. The number of hydrogen-bond donors (Lipinski definition) is 1. The van der Waals surface area contributed by atoms with Crippen molar-refractivity contribution in [1.29, 1.82) is 0 Å². The summed E-state index contributed by atoms with van der Waals surface area (Å²) in [5.74, 6) is -2.54. The molecule has 4 nitrogen and oxygen atoms in total. The first-order valence-corrected chi connectivity index (χ1v) is 9.61. The van der Waals surface area contributed by atoms with Crippen LogP contribution in [0.15, 0.2) is 28.5 Å². The van der Waals surface area contributed by atoms with E-state index in [1.165, 1.54) is 17.4 Å². The van der Waals surface area contributed by atoms with Crippen molar-refractivity contribution in [2.45, 2.75) is 43.0 Å². The first kappa shape index (κ1) is 16.5. The van der Waals surface area contributed by atoms with E-state index in [4.69, 9.17) is 0 Å². The van der Waals surface area contributed by atoms with E-state index in [1.807, 2.05) is 12.3 Å². The first-order valence-electron chi connectivity index (χ1n) is 7.25. The van der Waals surface area contributed by atoms with Gasteiger partial charge in [-0.2, -0.15) is 4.72 Å². The fourth-order valence-corrected chi connectivity index (χ4v) is 5.51. The van der Waals surface area contributed by atoms with Gasteiger partial charge in [0.05, 0.1) is 5.54 Å². The molecular formula is C15H16F2N2O2S2. The third-order valence-corrected chi connectivity index (χ3v) is 6.74. The first-order chi connectivity index (χ1) is 10.8. The minimum absolute atomic E-state index is 0.593. The van der Waals surface area contributed by atoms with E-state index in [2.05, 4.69) is 9.71 Å². The monoisotopic (exact) mass is 358 g/mol. The molecule has 2 aromatic rings. The van der Waals surface area contributed by atoms with Crippen LogP contribution in [0.25, 0.3) is 0 Å². The largest absolute Gasteiger partial charge is 0.245 e. The van der Waals surface area contributed by atoms with E-state index in [0.29, 0.717) is 17.8 Å². The Hall–Kier alpha value is -1.38. The molecule has 0 amide bonds. The van der Waals surface area contributed by atoms with Crippen molar-refractivity contribution in [3.63, 3.8) is 0 Å². The van der Waals surface area contributed by atoms with Crippen LogP contribution in [-0.2, 0) is 15.6 Å². The van der Waals surface area contributed by atoms with Gasteiger partial charge in [-0.3, -0.25) is 0 Å². The molecule has 1 aliphatic rings. The molecule has 1 N–H and O–H groups in total. The zero-order valence-electron chi connectivity index (χ0n) is 12.5. The number of thiazole rings is 1. The molecule has 1 heterocycles. The van der Waals surface area contributed by atoms with E-state index in [1.54, 1.807) is 0 Å². The minimum atomic E-state index is -4.19. The maximum absolute atomic E-state index is 13.9. The summed E-state index contributed by atoms with van der Waals surface area (Å²) in [6.07, 6.45) is 2.89. The van der Waals surface area contributed by atoms with Crippen molar-refractivity contribution in [3.8, 4) is 0 Å². The van der Waals surface area contributed by atoms with Gasteiger partial charge in [0, 0.05) is 11.1 Å². The third kappa shape index (κ3) is 3.02. The van der Waals surface area contributed by atoms with E-state index in [9.17, 15) is 17.2 Å². The highest BCUT2D eigenvalue weighted by Gasteiger charge is 2.42. The molecule has 23 heavy (non-hydrogen) atoms. The number of nitrogens with one attached hydrogen (secondary N) is 1. The normalized spacial score (nSPS) is 17.5. The zero-order valence-corrected chi connectivity index (χ0v) is 14.1. The van der Waals surface area contributed by atoms with Crippen LogP contribution >= 0.6 is 11.3 Å². The Kier molecular flexibility index (Phi) is 4.24. The standard InChI is InChI=1S/C15H16F2N2O2S2/c1-10-9-22-14(18-10)15(7-2-3-8-15)19-23(20,21)12-6-4-5-11(16)13(12)17/h4-6,9,19H,2-3,7-8H2,1H3. The van der Waals surface area contributed by atoms with Crippen LogP contribution in [-0.4, -0.2) is 13.4 Å². The van der Waals surface area contributed by atoms with Crippen molar-refractivity contribution in [2.75, 3.05) is 0 Å². The molecule has 124 valence electrons. The molecular weight excluding hydrogens is 342 g/mol. The number of rotatable bonds is 4. The molecule has 0 unspecified atom stereocenters. The predicted octanol–water partition coefficient (Wildman–Crippen LogP) is 3.48. The smallest absolute Gasteiger partial charge is 0.244 e. The lowest BCUT2D eigenvalue weighted by molar-refractivity contribution is 0.399. The van der Waals surface area contributed by atoms with E-state index in [0.717, 1.165) is 30.7 Å².